The lowest BCUT2D eigenvalue weighted by molar-refractivity contribution is -0.143. The number of nitriles is 1. The molecular formula is C14H16N2O3. The highest BCUT2D eigenvalue weighted by Gasteiger charge is 2.30. The van der Waals surface area contributed by atoms with Crippen molar-refractivity contribution in [2.24, 2.45) is 5.92 Å². The van der Waals surface area contributed by atoms with Gasteiger partial charge in [-0.05, 0) is 37.1 Å². The Balaban J connectivity index is 2.15. The molecular weight excluding hydrogens is 244 g/mol. The second-order valence-electron chi connectivity index (χ2n) is 4.80. The lowest BCUT2D eigenvalue weighted by atomic mass is 9.95. The standard InChI is InChI=1S/C14H16N2O3/c15-8-13(10-3-5-12(17)6-4-10)16-7-1-2-11(9-16)14(18)19/h3-6,11,13,17H,1-2,7,9H2,(H,18,19). The van der Waals surface area contributed by atoms with Crippen LogP contribution >= 0.6 is 0 Å². The summed E-state index contributed by atoms with van der Waals surface area (Å²) in [5.41, 5.74) is 0.784. The number of nitrogens with zero attached hydrogens (tertiary/aromatic N) is 2. The van der Waals surface area contributed by atoms with Crippen molar-refractivity contribution in [3.05, 3.63) is 29.8 Å². The van der Waals surface area contributed by atoms with Crippen molar-refractivity contribution in [1.82, 2.24) is 4.90 Å². The summed E-state index contributed by atoms with van der Waals surface area (Å²) < 4.78 is 0. The van der Waals surface area contributed by atoms with E-state index in [9.17, 15) is 15.2 Å². The fraction of sp³-hybridized carbons (Fsp3) is 0.429. The van der Waals surface area contributed by atoms with Gasteiger partial charge in [-0.2, -0.15) is 5.26 Å². The van der Waals surface area contributed by atoms with Crippen LogP contribution in [-0.2, 0) is 4.79 Å². The van der Waals surface area contributed by atoms with Crippen molar-refractivity contribution in [2.75, 3.05) is 13.1 Å². The molecule has 5 nitrogen and oxygen atoms in total. The van der Waals surface area contributed by atoms with Crippen LogP contribution in [0.1, 0.15) is 24.4 Å². The fourth-order valence-corrected chi connectivity index (χ4v) is 2.47. The lowest BCUT2D eigenvalue weighted by Crippen LogP contribution is -2.40. The topological polar surface area (TPSA) is 84.6 Å². The van der Waals surface area contributed by atoms with Gasteiger partial charge in [-0.3, -0.25) is 9.69 Å². The largest absolute Gasteiger partial charge is 0.508 e. The molecule has 1 aromatic rings. The maximum atomic E-state index is 11.0. The van der Waals surface area contributed by atoms with E-state index in [-0.39, 0.29) is 5.75 Å². The zero-order valence-corrected chi connectivity index (χ0v) is 10.5. The first-order valence-corrected chi connectivity index (χ1v) is 6.27. The smallest absolute Gasteiger partial charge is 0.307 e. The molecule has 1 heterocycles. The molecule has 2 N–H and O–H groups in total. The van der Waals surface area contributed by atoms with Crippen LogP contribution in [0.15, 0.2) is 24.3 Å². The number of phenols is 1. The minimum atomic E-state index is -0.799. The number of likely N-dealkylation sites (tertiary alicyclic amines) is 1. The summed E-state index contributed by atoms with van der Waals surface area (Å²) in [6, 6.07) is 8.25. The summed E-state index contributed by atoms with van der Waals surface area (Å²) in [6.07, 6.45) is 1.45. The molecule has 2 atom stereocenters. The number of aliphatic carboxylic acids is 1. The predicted molar refractivity (Wildman–Crippen MR) is 68.4 cm³/mol. The third-order valence-corrected chi connectivity index (χ3v) is 3.50. The van der Waals surface area contributed by atoms with Crippen LogP contribution in [0.25, 0.3) is 0 Å². The van der Waals surface area contributed by atoms with Crippen LogP contribution in [0.3, 0.4) is 0 Å². The number of phenolic OH excluding ortho intramolecular Hbond substituents is 1. The Bertz CT molecular complexity index is 492. The van der Waals surface area contributed by atoms with E-state index in [2.05, 4.69) is 6.07 Å². The minimum Gasteiger partial charge on any atom is -0.508 e. The Morgan fingerprint density at radius 1 is 1.42 bits per heavy atom. The Kier molecular flexibility index (Phi) is 4.03. The van der Waals surface area contributed by atoms with E-state index in [1.807, 2.05) is 4.90 Å². The first kappa shape index (κ1) is 13.4. The molecule has 1 saturated heterocycles. The number of rotatable bonds is 3. The monoisotopic (exact) mass is 260 g/mol. The van der Waals surface area contributed by atoms with Gasteiger partial charge in [0.15, 0.2) is 0 Å². The van der Waals surface area contributed by atoms with Crippen LogP contribution in [0.5, 0.6) is 5.75 Å². The molecule has 1 aromatic carbocycles. The minimum absolute atomic E-state index is 0.155. The van der Waals surface area contributed by atoms with E-state index in [0.717, 1.165) is 18.5 Å². The summed E-state index contributed by atoms with van der Waals surface area (Å²) in [4.78, 5) is 12.9. The van der Waals surface area contributed by atoms with Crippen molar-refractivity contribution >= 4 is 5.97 Å². The third-order valence-electron chi connectivity index (χ3n) is 3.50. The van der Waals surface area contributed by atoms with Gasteiger partial charge in [0, 0.05) is 6.54 Å². The molecule has 2 rings (SSSR count). The highest BCUT2D eigenvalue weighted by molar-refractivity contribution is 5.70. The molecule has 0 aromatic heterocycles. The number of hydrogen-bond acceptors (Lipinski definition) is 4. The summed E-state index contributed by atoms with van der Waals surface area (Å²) >= 11 is 0. The Hall–Kier alpha value is -2.06. The summed E-state index contributed by atoms with van der Waals surface area (Å²) in [7, 11) is 0. The molecule has 0 spiro atoms. The number of piperidine rings is 1. The summed E-state index contributed by atoms with van der Waals surface area (Å²) in [6.45, 7) is 1.12. The van der Waals surface area contributed by atoms with Gasteiger partial charge in [0.2, 0.25) is 0 Å². The van der Waals surface area contributed by atoms with Crippen molar-refractivity contribution in [3.63, 3.8) is 0 Å². The van der Waals surface area contributed by atoms with Gasteiger partial charge in [0.25, 0.3) is 0 Å². The summed E-state index contributed by atoms with van der Waals surface area (Å²) in [5.74, 6) is -1.05. The van der Waals surface area contributed by atoms with Crippen LogP contribution in [-0.4, -0.2) is 34.2 Å². The lowest BCUT2D eigenvalue weighted by Gasteiger charge is -2.33. The third kappa shape index (κ3) is 3.04. The SMILES string of the molecule is N#CC(c1ccc(O)cc1)N1CCCC(C(=O)O)C1. The molecule has 0 amide bonds. The van der Waals surface area contributed by atoms with E-state index in [4.69, 9.17) is 5.11 Å². The first-order chi connectivity index (χ1) is 9.11. The second-order valence-corrected chi connectivity index (χ2v) is 4.80. The second kappa shape index (κ2) is 5.72. The number of benzene rings is 1. The van der Waals surface area contributed by atoms with Gasteiger partial charge in [-0.15, -0.1) is 0 Å². The van der Waals surface area contributed by atoms with Crippen molar-refractivity contribution in [1.29, 1.82) is 5.26 Å². The maximum Gasteiger partial charge on any atom is 0.307 e. The molecule has 5 heteroatoms. The maximum absolute atomic E-state index is 11.0. The van der Waals surface area contributed by atoms with E-state index >= 15 is 0 Å². The van der Waals surface area contributed by atoms with Crippen molar-refractivity contribution < 1.29 is 15.0 Å². The van der Waals surface area contributed by atoms with E-state index in [0.29, 0.717) is 13.0 Å². The molecule has 1 aliphatic rings. The molecule has 1 fully saturated rings. The highest BCUT2D eigenvalue weighted by atomic mass is 16.4. The van der Waals surface area contributed by atoms with Crippen LogP contribution in [0.2, 0.25) is 0 Å². The molecule has 100 valence electrons. The van der Waals surface area contributed by atoms with Crippen LogP contribution < -0.4 is 0 Å². The molecule has 0 radical (unpaired) electrons. The highest BCUT2D eigenvalue weighted by Crippen LogP contribution is 2.27. The average Bonchev–Trinajstić information content (AvgIpc) is 2.42. The molecule has 0 aliphatic carbocycles. The van der Waals surface area contributed by atoms with Gasteiger partial charge in [-0.25, -0.2) is 0 Å². The zero-order chi connectivity index (χ0) is 13.8. The van der Waals surface area contributed by atoms with Gasteiger partial charge >= 0.3 is 5.97 Å². The normalized spacial score (nSPS) is 21.5. The summed E-state index contributed by atoms with van der Waals surface area (Å²) in [5, 5.41) is 27.7. The first-order valence-electron chi connectivity index (χ1n) is 6.27. The molecule has 2 unspecified atom stereocenters. The van der Waals surface area contributed by atoms with Gasteiger partial charge < -0.3 is 10.2 Å². The molecule has 0 bridgehead atoms. The number of carbonyl (C=O) groups is 1. The average molecular weight is 260 g/mol. The van der Waals surface area contributed by atoms with Gasteiger partial charge in [0.05, 0.1) is 12.0 Å². The Morgan fingerprint density at radius 3 is 2.68 bits per heavy atom. The molecule has 0 saturated carbocycles. The molecule has 19 heavy (non-hydrogen) atoms. The quantitative estimate of drug-likeness (QED) is 0.865. The number of carboxylic acids is 1. The molecule has 1 aliphatic heterocycles. The number of carboxylic acid groups (broad SMARTS) is 1. The van der Waals surface area contributed by atoms with E-state index in [1.165, 1.54) is 12.1 Å². The van der Waals surface area contributed by atoms with Crippen LogP contribution in [0, 0.1) is 17.2 Å². The number of hydrogen-bond donors (Lipinski definition) is 2. The van der Waals surface area contributed by atoms with Gasteiger partial charge in [-0.1, -0.05) is 12.1 Å². The Morgan fingerprint density at radius 2 is 2.11 bits per heavy atom. The van der Waals surface area contributed by atoms with E-state index < -0.39 is 17.9 Å². The van der Waals surface area contributed by atoms with Gasteiger partial charge in [0.1, 0.15) is 11.8 Å². The zero-order valence-electron chi connectivity index (χ0n) is 10.5. The van der Waals surface area contributed by atoms with Crippen molar-refractivity contribution in [3.8, 4) is 11.8 Å². The van der Waals surface area contributed by atoms with E-state index in [1.54, 1.807) is 12.1 Å². The fourth-order valence-electron chi connectivity index (χ4n) is 2.47. The van der Waals surface area contributed by atoms with Crippen molar-refractivity contribution in [2.45, 2.75) is 18.9 Å². The Labute approximate surface area is 111 Å². The predicted octanol–water partition coefficient (Wildman–Crippen LogP) is 1.75. The number of aromatic hydroxyl groups is 1. The van der Waals surface area contributed by atoms with Crippen LogP contribution in [0.4, 0.5) is 0 Å².